The third-order valence-electron chi connectivity index (χ3n) is 6.40. The zero-order valence-electron chi connectivity index (χ0n) is 28.4. The molecule has 288 valence electrons. The van der Waals surface area contributed by atoms with E-state index in [1.807, 2.05) is 36.4 Å². The Bertz CT molecular complexity index is 1250. The highest BCUT2D eigenvalue weighted by Gasteiger charge is 2.09. The standard InChI is InChI=1S/C32H52O16S2/c33-49(34,35)25-3-7-39-9-11-41-13-15-43-17-19-45-21-23-47-31-27-29-5-1-2-6-30(29)28-32(31)48-24-22-46-20-18-44-16-14-42-12-10-40-8-4-26-50(36,37)38/h1-2,5-6,27-28H,3-4,7-26H2,(H,33,34,35)(H,36,37,38). The zero-order valence-corrected chi connectivity index (χ0v) is 30.1. The van der Waals surface area contributed by atoms with Crippen LogP contribution in [0, 0.1) is 0 Å². The molecule has 2 N–H and O–H groups in total. The molecular weight excluding hydrogens is 704 g/mol. The van der Waals surface area contributed by atoms with Crippen LogP contribution >= 0.6 is 0 Å². The van der Waals surface area contributed by atoms with E-state index in [1.165, 1.54) is 0 Å². The van der Waals surface area contributed by atoms with Crippen molar-refractivity contribution in [2.24, 2.45) is 0 Å². The second-order valence-corrected chi connectivity index (χ2v) is 13.7. The first kappa shape index (κ1) is 44.0. The van der Waals surface area contributed by atoms with E-state index in [-0.39, 0.29) is 37.6 Å². The van der Waals surface area contributed by atoms with Crippen LogP contribution in [0.5, 0.6) is 11.5 Å². The van der Waals surface area contributed by atoms with E-state index in [0.29, 0.717) is 117 Å². The van der Waals surface area contributed by atoms with Crippen molar-refractivity contribution in [3.05, 3.63) is 36.4 Å². The molecule has 0 aliphatic heterocycles. The van der Waals surface area contributed by atoms with Gasteiger partial charge in [0.15, 0.2) is 11.5 Å². The SMILES string of the molecule is O=S(=O)(O)CCCOCCOCCOCCOCCOc1cc2ccccc2cc1OCCOCCOCCOCCOCCCS(=O)(=O)O. The fourth-order valence-corrected chi connectivity index (χ4v) is 5.02. The molecule has 0 amide bonds. The third-order valence-corrected chi connectivity index (χ3v) is 8.01. The van der Waals surface area contributed by atoms with Gasteiger partial charge in [-0.3, -0.25) is 9.11 Å². The van der Waals surface area contributed by atoms with E-state index in [2.05, 4.69) is 0 Å². The van der Waals surface area contributed by atoms with Gasteiger partial charge < -0.3 is 47.4 Å². The molecule has 0 aliphatic carbocycles. The Hall–Kier alpha value is -2.20. The summed E-state index contributed by atoms with van der Waals surface area (Å²) in [5, 5.41) is 2.05. The highest BCUT2D eigenvalue weighted by atomic mass is 32.2. The molecule has 18 heteroatoms. The van der Waals surface area contributed by atoms with E-state index < -0.39 is 20.2 Å². The first-order chi connectivity index (χ1) is 24.1. The fourth-order valence-electron chi connectivity index (χ4n) is 4.06. The summed E-state index contributed by atoms with van der Waals surface area (Å²) in [6.45, 7) is 6.40. The number of ether oxygens (including phenoxy) is 10. The maximum absolute atomic E-state index is 10.6. The number of fused-ring (bicyclic) bond motifs is 1. The van der Waals surface area contributed by atoms with E-state index in [9.17, 15) is 16.8 Å². The van der Waals surface area contributed by atoms with Gasteiger partial charge in [-0.2, -0.15) is 16.8 Å². The summed E-state index contributed by atoms with van der Waals surface area (Å²) in [4.78, 5) is 0. The molecule has 2 aromatic carbocycles. The molecule has 2 aromatic rings. The van der Waals surface area contributed by atoms with Crippen molar-refractivity contribution >= 4 is 31.0 Å². The van der Waals surface area contributed by atoms with Gasteiger partial charge in [-0.1, -0.05) is 24.3 Å². The van der Waals surface area contributed by atoms with Crippen molar-refractivity contribution in [3.8, 4) is 11.5 Å². The van der Waals surface area contributed by atoms with Gasteiger partial charge in [0.1, 0.15) is 13.2 Å². The number of hydrogen-bond acceptors (Lipinski definition) is 14. The van der Waals surface area contributed by atoms with Crippen LogP contribution in [0.3, 0.4) is 0 Å². The Balaban J connectivity index is 1.48. The van der Waals surface area contributed by atoms with Gasteiger partial charge in [0, 0.05) is 13.2 Å². The van der Waals surface area contributed by atoms with Crippen LogP contribution in [-0.4, -0.2) is 156 Å². The van der Waals surface area contributed by atoms with E-state index >= 15 is 0 Å². The van der Waals surface area contributed by atoms with Crippen LogP contribution in [0.2, 0.25) is 0 Å². The minimum Gasteiger partial charge on any atom is -0.487 e. The minimum atomic E-state index is -3.95. The van der Waals surface area contributed by atoms with Gasteiger partial charge in [-0.15, -0.1) is 0 Å². The molecule has 50 heavy (non-hydrogen) atoms. The summed E-state index contributed by atoms with van der Waals surface area (Å²) in [6.07, 6.45) is 0.458. The molecule has 0 aromatic heterocycles. The van der Waals surface area contributed by atoms with Crippen LogP contribution in [0.15, 0.2) is 36.4 Å². The van der Waals surface area contributed by atoms with E-state index in [0.717, 1.165) is 10.8 Å². The molecule has 0 spiro atoms. The lowest BCUT2D eigenvalue weighted by Crippen LogP contribution is -2.15. The average molecular weight is 757 g/mol. The number of hydrogen-bond donors (Lipinski definition) is 2. The summed E-state index contributed by atoms with van der Waals surface area (Å²) in [7, 11) is -7.90. The molecule has 0 radical (unpaired) electrons. The Kier molecular flexibility index (Phi) is 24.1. The van der Waals surface area contributed by atoms with Gasteiger partial charge in [0.2, 0.25) is 0 Å². The summed E-state index contributed by atoms with van der Waals surface area (Å²) in [5.74, 6) is 0.572. The van der Waals surface area contributed by atoms with Crippen LogP contribution in [0.1, 0.15) is 12.8 Å². The van der Waals surface area contributed by atoms with Crippen molar-refractivity contribution in [2.75, 3.05) is 130 Å². The van der Waals surface area contributed by atoms with Crippen molar-refractivity contribution in [1.29, 1.82) is 0 Å². The Morgan fingerprint density at radius 1 is 0.400 bits per heavy atom. The van der Waals surface area contributed by atoms with Gasteiger partial charge in [0.05, 0.1) is 104 Å². The lowest BCUT2D eigenvalue weighted by molar-refractivity contribution is -0.00530. The largest absolute Gasteiger partial charge is 0.487 e. The lowest BCUT2D eigenvalue weighted by Gasteiger charge is -2.15. The minimum absolute atomic E-state index is 0.229. The Labute approximate surface area is 295 Å². The summed E-state index contributed by atoms with van der Waals surface area (Å²) >= 11 is 0. The molecule has 2 rings (SSSR count). The predicted octanol–water partition coefficient (Wildman–Crippen LogP) is 2.29. The van der Waals surface area contributed by atoms with Gasteiger partial charge in [-0.05, 0) is 35.7 Å². The quantitative estimate of drug-likeness (QED) is 0.0778. The molecule has 0 aliphatic rings. The highest BCUT2D eigenvalue weighted by Crippen LogP contribution is 2.32. The average Bonchev–Trinajstić information content (AvgIpc) is 3.06. The monoisotopic (exact) mass is 756 g/mol. The smallest absolute Gasteiger partial charge is 0.264 e. The lowest BCUT2D eigenvalue weighted by atomic mass is 10.1. The highest BCUT2D eigenvalue weighted by molar-refractivity contribution is 7.86. The van der Waals surface area contributed by atoms with Gasteiger partial charge >= 0.3 is 0 Å². The molecule has 0 atom stereocenters. The normalized spacial score (nSPS) is 12.1. The maximum atomic E-state index is 10.6. The predicted molar refractivity (Wildman–Crippen MR) is 184 cm³/mol. The van der Waals surface area contributed by atoms with Crippen LogP contribution < -0.4 is 9.47 Å². The van der Waals surface area contributed by atoms with Crippen molar-refractivity contribution in [3.63, 3.8) is 0 Å². The fraction of sp³-hybridized carbons (Fsp3) is 0.688. The van der Waals surface area contributed by atoms with Gasteiger partial charge in [0.25, 0.3) is 20.2 Å². The second-order valence-electron chi connectivity index (χ2n) is 10.5. The maximum Gasteiger partial charge on any atom is 0.264 e. The number of rotatable bonds is 34. The topological polar surface area (TPSA) is 201 Å². The molecular formula is C32H52O16S2. The van der Waals surface area contributed by atoms with E-state index in [1.54, 1.807) is 0 Å². The van der Waals surface area contributed by atoms with Crippen LogP contribution in [0.4, 0.5) is 0 Å². The first-order valence-corrected chi connectivity index (χ1v) is 19.7. The second kappa shape index (κ2) is 27.5. The van der Waals surface area contributed by atoms with Crippen molar-refractivity contribution in [2.45, 2.75) is 12.8 Å². The molecule has 0 heterocycles. The van der Waals surface area contributed by atoms with Crippen LogP contribution in [-0.2, 0) is 58.1 Å². The van der Waals surface area contributed by atoms with Gasteiger partial charge in [-0.25, -0.2) is 0 Å². The zero-order chi connectivity index (χ0) is 36.2. The molecule has 0 fully saturated rings. The molecule has 0 unspecified atom stereocenters. The van der Waals surface area contributed by atoms with Crippen molar-refractivity contribution < 1.29 is 73.3 Å². The molecule has 16 nitrogen and oxygen atoms in total. The number of benzene rings is 2. The third kappa shape index (κ3) is 24.9. The van der Waals surface area contributed by atoms with E-state index in [4.69, 9.17) is 56.5 Å². The van der Waals surface area contributed by atoms with Crippen LogP contribution in [0.25, 0.3) is 10.8 Å². The summed E-state index contributed by atoms with van der Waals surface area (Å²) in [6, 6.07) is 11.8. The molecule has 0 bridgehead atoms. The Morgan fingerprint density at radius 2 is 0.660 bits per heavy atom. The Morgan fingerprint density at radius 3 is 0.940 bits per heavy atom. The molecule has 0 saturated heterocycles. The first-order valence-electron chi connectivity index (χ1n) is 16.4. The molecule has 0 saturated carbocycles. The summed E-state index contributed by atoms with van der Waals surface area (Å²) in [5.41, 5.74) is 0. The summed E-state index contributed by atoms with van der Waals surface area (Å²) < 4.78 is 115. The van der Waals surface area contributed by atoms with Crippen molar-refractivity contribution in [1.82, 2.24) is 0 Å².